The third-order valence-electron chi connectivity index (χ3n) is 6.60. The zero-order valence-corrected chi connectivity index (χ0v) is 27.8. The molecule has 1 atom stereocenters. The van der Waals surface area contributed by atoms with Gasteiger partial charge in [0.05, 0.1) is 38.8 Å². The number of nitrogens with one attached hydrogen (secondary N) is 1. The largest absolute Gasteiger partial charge is 0.496 e. The molecule has 1 aliphatic rings. The van der Waals surface area contributed by atoms with Crippen LogP contribution in [0.15, 0.2) is 82.8 Å². The van der Waals surface area contributed by atoms with E-state index in [0.29, 0.717) is 37.5 Å². The molecule has 0 aliphatic carbocycles. The Morgan fingerprint density at radius 1 is 1.20 bits per heavy atom. The molecule has 0 bridgehead atoms. The zero-order valence-electron chi connectivity index (χ0n) is 24.6. The second kappa shape index (κ2) is 12.9. The van der Waals surface area contributed by atoms with Crippen LogP contribution in [0.1, 0.15) is 43.6 Å². The Kier molecular flexibility index (Phi) is 9.23. The number of benzene rings is 2. The fourth-order valence-electron chi connectivity index (χ4n) is 4.78. The predicted octanol–water partition coefficient (Wildman–Crippen LogP) is 4.41. The predicted molar refractivity (Wildman–Crippen MR) is 173 cm³/mol. The highest BCUT2D eigenvalue weighted by Gasteiger charge is 2.35. The number of nitrogens with zero attached hydrogens (tertiary/aromatic N) is 4. The molecule has 12 nitrogen and oxygen atoms in total. The van der Waals surface area contributed by atoms with Crippen LogP contribution in [-0.2, 0) is 9.53 Å². The lowest BCUT2D eigenvalue weighted by Crippen LogP contribution is -2.40. The number of fused-ring (bicyclic) bond motifs is 1. The number of thiazole rings is 1. The fraction of sp³-hybridized carbons (Fsp3) is 0.233. The van der Waals surface area contributed by atoms with Gasteiger partial charge in [-0.15, -0.1) is 0 Å². The van der Waals surface area contributed by atoms with Crippen molar-refractivity contribution in [3.05, 3.63) is 115 Å². The van der Waals surface area contributed by atoms with Gasteiger partial charge in [0.25, 0.3) is 16.8 Å². The van der Waals surface area contributed by atoms with Crippen molar-refractivity contribution in [3.63, 3.8) is 0 Å². The first-order valence-electron chi connectivity index (χ1n) is 13.5. The average Bonchev–Trinajstić information content (AvgIpc) is 3.25. The average molecular weight is 713 g/mol. The highest BCUT2D eigenvalue weighted by molar-refractivity contribution is 9.10. The second-order valence-electron chi connectivity index (χ2n) is 10.2. The maximum Gasteiger partial charge on any atom is 0.338 e. The number of ether oxygens (including phenoxy) is 2. The van der Waals surface area contributed by atoms with Crippen LogP contribution in [0, 0.1) is 17.0 Å². The summed E-state index contributed by atoms with van der Waals surface area (Å²) in [6, 6.07) is 10.2. The number of hydrogen-bond acceptors (Lipinski definition) is 11. The molecule has 1 aliphatic heterocycles. The quantitative estimate of drug-likeness (QED) is 0.121. The second-order valence-corrected chi connectivity index (χ2v) is 13.2. The van der Waals surface area contributed by atoms with Gasteiger partial charge in [-0.05, 0) is 75.4 Å². The van der Waals surface area contributed by atoms with Crippen LogP contribution in [0.3, 0.4) is 0 Å². The number of methoxy groups -OCH3 is 1. The summed E-state index contributed by atoms with van der Waals surface area (Å²) in [6.45, 7) is 6.80. The lowest BCUT2D eigenvalue weighted by Gasteiger charge is -2.26. The molecule has 232 valence electrons. The Hall–Kier alpha value is -4.34. The smallest absolute Gasteiger partial charge is 0.338 e. The molecule has 1 N–H and O–H groups in total. The van der Waals surface area contributed by atoms with Gasteiger partial charge in [0, 0.05) is 27.9 Å². The number of allylic oxidation sites excluding steroid dienone is 1. The van der Waals surface area contributed by atoms with E-state index in [1.807, 2.05) is 0 Å². The first-order chi connectivity index (χ1) is 21.4. The van der Waals surface area contributed by atoms with Crippen molar-refractivity contribution in [2.45, 2.75) is 49.9 Å². The minimum absolute atomic E-state index is 0.193. The Morgan fingerprint density at radius 3 is 2.62 bits per heavy atom. The summed E-state index contributed by atoms with van der Waals surface area (Å²) < 4.78 is 13.6. The van der Waals surface area contributed by atoms with Gasteiger partial charge in [-0.25, -0.2) is 14.8 Å². The summed E-state index contributed by atoms with van der Waals surface area (Å²) in [5.74, 6) is -0.156. The third-order valence-corrected chi connectivity index (χ3v) is 9.03. The molecular weight excluding hydrogens is 686 g/mol. The molecule has 0 unspecified atom stereocenters. The molecule has 2 aromatic heterocycles. The molecule has 2 aromatic carbocycles. The monoisotopic (exact) mass is 711 g/mol. The number of halogens is 1. The first kappa shape index (κ1) is 32.1. The summed E-state index contributed by atoms with van der Waals surface area (Å²) in [7, 11) is 1.50. The summed E-state index contributed by atoms with van der Waals surface area (Å²) in [5.41, 5.74) is 0.963. The maximum absolute atomic E-state index is 14.0. The van der Waals surface area contributed by atoms with E-state index in [1.165, 1.54) is 29.9 Å². The SMILES string of the molecule is COc1ccc(Br)cc1[C@@H]1C(C(=O)OC(C)C)=C(C)N=c2s/c(=C\c3ccc(Sc4nc(C)cc(=O)[nH]4)c([N+](=O)[O-])c3)c(=O)n21. The standard InChI is InChI=1S/C30H26BrN5O7S2/c1-14(2)43-28(39)25-16(4)33-30-35(26(25)19-13-18(31)7-8-21(19)42-5)27(38)23(45-30)12-17-6-9-22(20(11-17)36(40)41)44-29-32-15(3)10-24(37)34-29/h6-14,26H,1-5H3,(H,32,34,37)/b23-12-/t26-/m1/s1. The van der Waals surface area contributed by atoms with E-state index in [1.54, 1.807) is 58.0 Å². The lowest BCUT2D eigenvalue weighted by atomic mass is 9.95. The molecule has 15 heteroatoms. The van der Waals surface area contributed by atoms with E-state index in [-0.39, 0.29) is 31.4 Å². The molecule has 0 radical (unpaired) electrons. The summed E-state index contributed by atoms with van der Waals surface area (Å²) in [4.78, 5) is 62.8. The van der Waals surface area contributed by atoms with Crippen LogP contribution >= 0.6 is 39.0 Å². The van der Waals surface area contributed by atoms with Crippen LogP contribution in [-0.4, -0.2) is 38.6 Å². The number of hydrogen-bond donors (Lipinski definition) is 1. The number of rotatable bonds is 8. The zero-order chi connectivity index (χ0) is 32.6. The van der Waals surface area contributed by atoms with Crippen LogP contribution in [0.4, 0.5) is 5.69 Å². The number of aromatic amines is 1. The molecular formula is C30H26BrN5O7S2. The molecule has 0 saturated carbocycles. The van der Waals surface area contributed by atoms with Crippen LogP contribution in [0.25, 0.3) is 6.08 Å². The van der Waals surface area contributed by atoms with Crippen molar-refractivity contribution in [2.75, 3.05) is 7.11 Å². The normalized spacial score (nSPS) is 14.7. The van der Waals surface area contributed by atoms with Crippen molar-refractivity contribution in [3.8, 4) is 5.75 Å². The van der Waals surface area contributed by atoms with Gasteiger partial charge in [-0.2, -0.15) is 0 Å². The number of H-pyrrole nitrogens is 1. The molecule has 0 spiro atoms. The minimum Gasteiger partial charge on any atom is -0.496 e. The van der Waals surface area contributed by atoms with Crippen molar-refractivity contribution < 1.29 is 19.2 Å². The van der Waals surface area contributed by atoms with E-state index in [9.17, 15) is 24.5 Å². The van der Waals surface area contributed by atoms with E-state index >= 15 is 0 Å². The molecule has 45 heavy (non-hydrogen) atoms. The van der Waals surface area contributed by atoms with Crippen molar-refractivity contribution in [2.24, 2.45) is 4.99 Å². The number of carbonyl (C=O) groups is 1. The van der Waals surface area contributed by atoms with Crippen molar-refractivity contribution in [1.29, 1.82) is 0 Å². The Morgan fingerprint density at radius 2 is 1.96 bits per heavy atom. The number of carbonyl (C=O) groups excluding carboxylic acids is 1. The highest BCUT2D eigenvalue weighted by Crippen LogP contribution is 2.38. The summed E-state index contributed by atoms with van der Waals surface area (Å²) in [5, 5.41) is 12.2. The number of nitro benzene ring substituents is 1. The number of nitro groups is 1. The molecule has 0 amide bonds. The maximum atomic E-state index is 14.0. The van der Waals surface area contributed by atoms with E-state index in [2.05, 4.69) is 30.9 Å². The van der Waals surface area contributed by atoms with Gasteiger partial charge in [-0.3, -0.25) is 24.3 Å². The van der Waals surface area contributed by atoms with Crippen molar-refractivity contribution >= 4 is 56.8 Å². The fourth-order valence-corrected chi connectivity index (χ4v) is 7.13. The van der Waals surface area contributed by atoms with E-state index < -0.39 is 28.6 Å². The van der Waals surface area contributed by atoms with E-state index in [4.69, 9.17) is 9.47 Å². The van der Waals surface area contributed by atoms with Gasteiger partial charge in [0.2, 0.25) is 0 Å². The van der Waals surface area contributed by atoms with Gasteiger partial charge < -0.3 is 14.5 Å². The highest BCUT2D eigenvalue weighted by atomic mass is 79.9. The van der Waals surface area contributed by atoms with Crippen LogP contribution in [0.2, 0.25) is 0 Å². The van der Waals surface area contributed by atoms with Crippen LogP contribution < -0.4 is 25.2 Å². The summed E-state index contributed by atoms with van der Waals surface area (Å²) in [6.07, 6.45) is 1.13. The number of aryl methyl sites for hydroxylation is 1. The molecule has 4 aromatic rings. The summed E-state index contributed by atoms with van der Waals surface area (Å²) >= 11 is 5.53. The van der Waals surface area contributed by atoms with E-state index in [0.717, 1.165) is 23.1 Å². The number of esters is 1. The molecule has 0 saturated heterocycles. The van der Waals surface area contributed by atoms with Gasteiger partial charge in [-0.1, -0.05) is 33.3 Å². The van der Waals surface area contributed by atoms with Crippen molar-refractivity contribution in [1.82, 2.24) is 14.5 Å². The Labute approximate surface area is 272 Å². The molecule has 3 heterocycles. The van der Waals surface area contributed by atoms with Gasteiger partial charge >= 0.3 is 5.97 Å². The third kappa shape index (κ3) is 6.70. The van der Waals surface area contributed by atoms with Crippen LogP contribution in [0.5, 0.6) is 5.75 Å². The lowest BCUT2D eigenvalue weighted by molar-refractivity contribution is -0.387. The first-order valence-corrected chi connectivity index (χ1v) is 15.9. The van der Waals surface area contributed by atoms with Gasteiger partial charge in [0.1, 0.15) is 11.8 Å². The van der Waals surface area contributed by atoms with Gasteiger partial charge in [0.15, 0.2) is 9.96 Å². The Bertz CT molecular complexity index is 2140. The molecule has 5 rings (SSSR count). The molecule has 0 fully saturated rings. The topological polar surface area (TPSA) is 159 Å². The minimum atomic E-state index is -0.917. The number of aromatic nitrogens is 3. The Balaban J connectivity index is 1.66.